The molecule has 0 aromatic heterocycles. The van der Waals surface area contributed by atoms with E-state index in [1.54, 1.807) is 0 Å². The molecule has 1 aromatic rings. The van der Waals surface area contributed by atoms with Gasteiger partial charge in [-0.3, -0.25) is 4.79 Å². The quantitative estimate of drug-likeness (QED) is 0.696. The third-order valence-corrected chi connectivity index (χ3v) is 2.22. The summed E-state index contributed by atoms with van der Waals surface area (Å²) in [5, 5.41) is 0. The average Bonchev–Trinajstić information content (AvgIpc) is 2.30. The summed E-state index contributed by atoms with van der Waals surface area (Å²) < 4.78 is 10.8. The minimum atomic E-state index is 0.182. The van der Waals surface area contributed by atoms with Crippen LogP contribution in [0.1, 0.15) is 26.7 Å². The highest BCUT2D eigenvalue weighted by Gasteiger charge is 2.03. The van der Waals surface area contributed by atoms with Crippen molar-refractivity contribution in [2.45, 2.75) is 32.8 Å². The van der Waals surface area contributed by atoms with Crippen molar-refractivity contribution in [3.05, 3.63) is 30.3 Å². The van der Waals surface area contributed by atoms with Crippen LogP contribution in [0.2, 0.25) is 0 Å². The first-order chi connectivity index (χ1) is 8.18. The summed E-state index contributed by atoms with van der Waals surface area (Å²) in [6.07, 6.45) is 1.09. The minimum Gasteiger partial charge on any atom is -0.493 e. The number of ether oxygens (including phenoxy) is 2. The van der Waals surface area contributed by atoms with E-state index in [0.717, 1.165) is 5.75 Å². The number of benzene rings is 1. The molecule has 0 fully saturated rings. The Balaban J connectivity index is 2.08. The van der Waals surface area contributed by atoms with E-state index in [1.165, 1.54) is 0 Å². The molecule has 0 N–H and O–H groups in total. The fourth-order valence-corrected chi connectivity index (χ4v) is 1.33. The summed E-state index contributed by atoms with van der Waals surface area (Å²) in [7, 11) is 0. The van der Waals surface area contributed by atoms with Crippen LogP contribution in [-0.4, -0.2) is 25.1 Å². The van der Waals surface area contributed by atoms with Gasteiger partial charge in [0.05, 0.1) is 19.3 Å². The van der Waals surface area contributed by atoms with E-state index >= 15 is 0 Å². The average molecular weight is 236 g/mol. The first-order valence-electron chi connectivity index (χ1n) is 5.99. The summed E-state index contributed by atoms with van der Waals surface area (Å²) in [6.45, 7) is 4.86. The summed E-state index contributed by atoms with van der Waals surface area (Å²) >= 11 is 0. The van der Waals surface area contributed by atoms with Gasteiger partial charge in [-0.1, -0.05) is 18.2 Å². The smallest absolute Gasteiger partial charge is 0.138 e. The number of para-hydroxylation sites is 1. The molecule has 94 valence electrons. The van der Waals surface area contributed by atoms with Gasteiger partial charge in [0.15, 0.2) is 0 Å². The van der Waals surface area contributed by atoms with E-state index in [2.05, 4.69) is 0 Å². The van der Waals surface area contributed by atoms with Crippen molar-refractivity contribution in [2.75, 3.05) is 13.2 Å². The third-order valence-electron chi connectivity index (χ3n) is 2.22. The fourth-order valence-electron chi connectivity index (χ4n) is 1.33. The highest BCUT2D eigenvalue weighted by atomic mass is 16.5. The van der Waals surface area contributed by atoms with Crippen LogP contribution in [0.3, 0.4) is 0 Å². The van der Waals surface area contributed by atoms with E-state index in [-0.39, 0.29) is 11.9 Å². The molecule has 0 saturated carbocycles. The van der Waals surface area contributed by atoms with Gasteiger partial charge in [0, 0.05) is 12.8 Å². The minimum absolute atomic E-state index is 0.182. The van der Waals surface area contributed by atoms with Gasteiger partial charge in [-0.15, -0.1) is 0 Å². The lowest BCUT2D eigenvalue weighted by molar-refractivity contribution is -0.120. The zero-order chi connectivity index (χ0) is 12.5. The van der Waals surface area contributed by atoms with E-state index < -0.39 is 0 Å². The number of hydrogen-bond donors (Lipinski definition) is 0. The Morgan fingerprint density at radius 3 is 2.41 bits per heavy atom. The van der Waals surface area contributed by atoms with Crippen molar-refractivity contribution < 1.29 is 14.3 Å². The number of carbonyl (C=O) groups excluding carboxylic acids is 1. The Morgan fingerprint density at radius 2 is 1.76 bits per heavy atom. The molecule has 0 bridgehead atoms. The number of Topliss-reactive ketones (excluding diaryl/α,β-unsaturated/α-hetero) is 1. The highest BCUT2D eigenvalue weighted by Crippen LogP contribution is 2.08. The summed E-state index contributed by atoms with van der Waals surface area (Å²) in [5.74, 6) is 0.986. The summed E-state index contributed by atoms with van der Waals surface area (Å²) in [4.78, 5) is 11.5. The van der Waals surface area contributed by atoms with Gasteiger partial charge in [-0.25, -0.2) is 0 Å². The Hall–Kier alpha value is -1.35. The van der Waals surface area contributed by atoms with Crippen LogP contribution in [0, 0.1) is 0 Å². The van der Waals surface area contributed by atoms with Crippen LogP contribution in [0.25, 0.3) is 0 Å². The maximum absolute atomic E-state index is 11.5. The first-order valence-corrected chi connectivity index (χ1v) is 5.99. The summed E-state index contributed by atoms with van der Waals surface area (Å²) in [6, 6.07) is 9.52. The molecule has 3 heteroatoms. The van der Waals surface area contributed by atoms with Gasteiger partial charge in [-0.2, -0.15) is 0 Å². The molecule has 0 amide bonds. The number of carbonyl (C=O) groups is 1. The molecule has 0 spiro atoms. The molecule has 3 nitrogen and oxygen atoms in total. The molecule has 0 unspecified atom stereocenters. The molecular weight excluding hydrogens is 216 g/mol. The predicted molar refractivity (Wildman–Crippen MR) is 67.3 cm³/mol. The molecule has 0 radical (unpaired) electrons. The van der Waals surface area contributed by atoms with Gasteiger partial charge in [-0.05, 0) is 26.0 Å². The Labute approximate surface area is 103 Å². The van der Waals surface area contributed by atoms with E-state index in [0.29, 0.717) is 26.1 Å². The van der Waals surface area contributed by atoms with Crippen molar-refractivity contribution >= 4 is 5.78 Å². The molecule has 1 rings (SSSR count). The first kappa shape index (κ1) is 13.7. The van der Waals surface area contributed by atoms with Crippen molar-refractivity contribution in [3.8, 4) is 5.75 Å². The molecule has 0 aliphatic rings. The Bertz CT molecular complexity index is 319. The van der Waals surface area contributed by atoms with E-state index in [4.69, 9.17) is 9.47 Å². The molecule has 0 aliphatic heterocycles. The molecule has 0 heterocycles. The second-order valence-corrected chi connectivity index (χ2v) is 4.12. The van der Waals surface area contributed by atoms with Crippen molar-refractivity contribution in [2.24, 2.45) is 0 Å². The largest absolute Gasteiger partial charge is 0.493 e. The zero-order valence-corrected chi connectivity index (χ0v) is 10.5. The molecule has 0 saturated heterocycles. The second kappa shape index (κ2) is 7.85. The van der Waals surface area contributed by atoms with Crippen LogP contribution in [-0.2, 0) is 9.53 Å². The third kappa shape index (κ3) is 6.74. The molecule has 17 heavy (non-hydrogen) atoms. The molecular formula is C14H20O3. The normalized spacial score (nSPS) is 10.5. The zero-order valence-electron chi connectivity index (χ0n) is 10.5. The number of ketones is 1. The number of hydrogen-bond acceptors (Lipinski definition) is 3. The monoisotopic (exact) mass is 236 g/mol. The predicted octanol–water partition coefficient (Wildman–Crippen LogP) is 2.84. The maximum atomic E-state index is 11.5. The van der Waals surface area contributed by atoms with E-state index in [9.17, 15) is 4.79 Å². The number of rotatable bonds is 8. The lowest BCUT2D eigenvalue weighted by atomic mass is 10.2. The SMILES string of the molecule is CC(C)OCCC(=O)CCOc1ccccc1. The van der Waals surface area contributed by atoms with E-state index in [1.807, 2.05) is 44.2 Å². The van der Waals surface area contributed by atoms with Gasteiger partial charge in [0.1, 0.15) is 11.5 Å². The van der Waals surface area contributed by atoms with Crippen molar-refractivity contribution in [1.82, 2.24) is 0 Å². The van der Waals surface area contributed by atoms with Crippen LogP contribution in [0.5, 0.6) is 5.75 Å². The van der Waals surface area contributed by atoms with Crippen LogP contribution in [0.4, 0.5) is 0 Å². The standard InChI is InChI=1S/C14H20O3/c1-12(2)16-10-8-13(15)9-11-17-14-6-4-3-5-7-14/h3-7,12H,8-11H2,1-2H3. The molecule has 0 aliphatic carbocycles. The van der Waals surface area contributed by atoms with Crippen LogP contribution in [0.15, 0.2) is 30.3 Å². The molecule has 1 aromatic carbocycles. The topological polar surface area (TPSA) is 35.5 Å². The summed E-state index contributed by atoms with van der Waals surface area (Å²) in [5.41, 5.74) is 0. The molecule has 0 atom stereocenters. The maximum Gasteiger partial charge on any atom is 0.138 e. The fraction of sp³-hybridized carbons (Fsp3) is 0.500. The van der Waals surface area contributed by atoms with Gasteiger partial charge >= 0.3 is 0 Å². The Kier molecular flexibility index (Phi) is 6.33. The lowest BCUT2D eigenvalue weighted by Crippen LogP contribution is -2.11. The lowest BCUT2D eigenvalue weighted by Gasteiger charge is -2.07. The Morgan fingerprint density at radius 1 is 1.12 bits per heavy atom. The van der Waals surface area contributed by atoms with Crippen molar-refractivity contribution in [1.29, 1.82) is 0 Å². The van der Waals surface area contributed by atoms with Gasteiger partial charge < -0.3 is 9.47 Å². The van der Waals surface area contributed by atoms with Crippen LogP contribution >= 0.6 is 0 Å². The second-order valence-electron chi connectivity index (χ2n) is 4.12. The van der Waals surface area contributed by atoms with Gasteiger partial charge in [0.2, 0.25) is 0 Å². The van der Waals surface area contributed by atoms with Crippen molar-refractivity contribution in [3.63, 3.8) is 0 Å². The van der Waals surface area contributed by atoms with Gasteiger partial charge in [0.25, 0.3) is 0 Å². The van der Waals surface area contributed by atoms with Crippen LogP contribution < -0.4 is 4.74 Å². The highest BCUT2D eigenvalue weighted by molar-refractivity contribution is 5.78.